The molecule has 0 amide bonds. The summed E-state index contributed by atoms with van der Waals surface area (Å²) in [5.41, 5.74) is 1.29. The minimum atomic E-state index is -1.17. The van der Waals surface area contributed by atoms with E-state index in [-0.39, 0.29) is 0 Å². The zero-order valence-corrected chi connectivity index (χ0v) is 13.4. The average molecular weight is 326 g/mol. The summed E-state index contributed by atoms with van der Waals surface area (Å²) >= 11 is 6.15. The first-order valence-electron chi connectivity index (χ1n) is 7.45. The molecule has 3 nitrogen and oxygen atoms in total. The Morgan fingerprint density at radius 1 is 1.04 bits per heavy atom. The fraction of sp³-hybridized carbons (Fsp3) is 0.158. The molecule has 0 saturated heterocycles. The number of hydrogen-bond acceptors (Lipinski definition) is 3. The summed E-state index contributed by atoms with van der Waals surface area (Å²) in [6.07, 6.45) is 0. The average Bonchev–Trinajstić information content (AvgIpc) is 2.90. The minimum absolute atomic E-state index is 0.384. The largest absolute Gasteiger partial charge is 0.496 e. The minimum Gasteiger partial charge on any atom is -0.496 e. The van der Waals surface area contributed by atoms with E-state index in [1.165, 1.54) is 0 Å². The molecule has 116 valence electrons. The molecule has 23 heavy (non-hydrogen) atoms. The van der Waals surface area contributed by atoms with E-state index in [2.05, 4.69) is 17.4 Å². The van der Waals surface area contributed by atoms with E-state index in [0.717, 1.165) is 22.0 Å². The summed E-state index contributed by atoms with van der Waals surface area (Å²) in [4.78, 5) is 0. The maximum Gasteiger partial charge on any atom is 0.137 e. The second-order valence-corrected chi connectivity index (χ2v) is 6.24. The van der Waals surface area contributed by atoms with Gasteiger partial charge in [0.25, 0.3) is 0 Å². The molecular formula is C19H16ClNO2. The molecule has 0 bridgehead atoms. The van der Waals surface area contributed by atoms with E-state index >= 15 is 0 Å². The van der Waals surface area contributed by atoms with Gasteiger partial charge in [0, 0.05) is 21.8 Å². The third-order valence-electron chi connectivity index (χ3n) is 4.47. The van der Waals surface area contributed by atoms with Gasteiger partial charge in [-0.2, -0.15) is 0 Å². The lowest BCUT2D eigenvalue weighted by molar-refractivity contribution is 0.0998. The maximum atomic E-state index is 11.4. The zero-order chi connectivity index (χ0) is 16.0. The van der Waals surface area contributed by atoms with Crippen LogP contribution in [0.1, 0.15) is 11.1 Å². The van der Waals surface area contributed by atoms with Crippen LogP contribution in [0.15, 0.2) is 54.6 Å². The van der Waals surface area contributed by atoms with E-state index in [9.17, 15) is 5.11 Å². The number of anilines is 1. The van der Waals surface area contributed by atoms with Crippen LogP contribution >= 0.6 is 11.6 Å². The molecule has 4 rings (SSSR count). The van der Waals surface area contributed by atoms with E-state index in [1.54, 1.807) is 25.3 Å². The van der Waals surface area contributed by atoms with Crippen molar-refractivity contribution in [2.45, 2.75) is 5.60 Å². The lowest BCUT2D eigenvalue weighted by Crippen LogP contribution is -2.30. The van der Waals surface area contributed by atoms with Gasteiger partial charge in [-0.15, -0.1) is 0 Å². The zero-order valence-electron chi connectivity index (χ0n) is 12.6. The number of fused-ring (bicyclic) bond motifs is 2. The molecule has 3 aromatic carbocycles. The van der Waals surface area contributed by atoms with Crippen LogP contribution in [-0.2, 0) is 5.60 Å². The SMILES string of the molecule is COc1ccc(Cl)cc1C1(O)CNc2cc3ccccc3cc21. The summed E-state index contributed by atoms with van der Waals surface area (Å²) in [5.74, 6) is 0.625. The summed E-state index contributed by atoms with van der Waals surface area (Å²) < 4.78 is 5.43. The standard InChI is InChI=1S/C19H16ClNO2/c1-23-18-7-6-14(20)10-16(18)19(22)11-21-17-9-13-5-3-2-4-12(13)8-15(17)19/h2-10,21-22H,11H2,1H3. The number of halogens is 1. The number of methoxy groups -OCH3 is 1. The highest BCUT2D eigenvalue weighted by atomic mass is 35.5. The van der Waals surface area contributed by atoms with Crippen LogP contribution < -0.4 is 10.1 Å². The molecule has 0 saturated carbocycles. The van der Waals surface area contributed by atoms with Crippen molar-refractivity contribution in [2.75, 3.05) is 19.0 Å². The van der Waals surface area contributed by atoms with Crippen molar-refractivity contribution in [3.05, 3.63) is 70.7 Å². The van der Waals surface area contributed by atoms with Crippen LogP contribution in [0.3, 0.4) is 0 Å². The third-order valence-corrected chi connectivity index (χ3v) is 4.71. The Balaban J connectivity index is 1.96. The van der Waals surface area contributed by atoms with Crippen molar-refractivity contribution in [1.82, 2.24) is 0 Å². The van der Waals surface area contributed by atoms with Crippen LogP contribution in [0.4, 0.5) is 5.69 Å². The van der Waals surface area contributed by atoms with Crippen LogP contribution in [0.25, 0.3) is 10.8 Å². The van der Waals surface area contributed by atoms with Crippen LogP contribution in [0, 0.1) is 0 Å². The first-order chi connectivity index (χ1) is 11.1. The molecule has 0 aliphatic carbocycles. The Hall–Kier alpha value is -2.23. The second-order valence-electron chi connectivity index (χ2n) is 5.80. The normalized spacial score (nSPS) is 19.4. The monoisotopic (exact) mass is 325 g/mol. The first-order valence-corrected chi connectivity index (χ1v) is 7.83. The molecule has 2 N–H and O–H groups in total. The van der Waals surface area contributed by atoms with Crippen LogP contribution in [0.5, 0.6) is 5.75 Å². The van der Waals surface area contributed by atoms with Gasteiger partial charge in [-0.1, -0.05) is 35.9 Å². The molecule has 4 heteroatoms. The number of ether oxygens (including phenoxy) is 1. The van der Waals surface area contributed by atoms with Gasteiger partial charge in [0.1, 0.15) is 11.4 Å². The lowest BCUT2D eigenvalue weighted by Gasteiger charge is -2.26. The third kappa shape index (κ3) is 2.16. The Morgan fingerprint density at radius 3 is 2.52 bits per heavy atom. The number of aliphatic hydroxyl groups is 1. The highest BCUT2D eigenvalue weighted by molar-refractivity contribution is 6.30. The van der Waals surface area contributed by atoms with Crippen LogP contribution in [-0.4, -0.2) is 18.8 Å². The van der Waals surface area contributed by atoms with Crippen molar-refractivity contribution in [2.24, 2.45) is 0 Å². The van der Waals surface area contributed by atoms with Crippen molar-refractivity contribution in [3.8, 4) is 5.75 Å². The molecule has 3 aromatic rings. The van der Waals surface area contributed by atoms with Gasteiger partial charge >= 0.3 is 0 Å². The Morgan fingerprint density at radius 2 is 1.78 bits per heavy atom. The van der Waals surface area contributed by atoms with E-state index < -0.39 is 5.60 Å². The van der Waals surface area contributed by atoms with E-state index in [4.69, 9.17) is 16.3 Å². The summed E-state index contributed by atoms with van der Waals surface area (Å²) in [6.45, 7) is 0.384. The van der Waals surface area contributed by atoms with Crippen molar-refractivity contribution < 1.29 is 9.84 Å². The smallest absolute Gasteiger partial charge is 0.137 e. The Bertz CT molecular complexity index is 909. The molecule has 0 fully saturated rings. The number of hydrogen-bond donors (Lipinski definition) is 2. The van der Waals surface area contributed by atoms with Gasteiger partial charge in [0.15, 0.2) is 0 Å². The molecular weight excluding hydrogens is 310 g/mol. The van der Waals surface area contributed by atoms with Gasteiger partial charge in [-0.25, -0.2) is 0 Å². The van der Waals surface area contributed by atoms with Crippen molar-refractivity contribution in [1.29, 1.82) is 0 Å². The van der Waals surface area contributed by atoms with Gasteiger partial charge in [0.05, 0.1) is 13.7 Å². The molecule has 0 spiro atoms. The maximum absolute atomic E-state index is 11.4. The van der Waals surface area contributed by atoms with Gasteiger partial charge in [-0.05, 0) is 41.1 Å². The highest BCUT2D eigenvalue weighted by Crippen LogP contribution is 2.45. The molecule has 1 heterocycles. The van der Waals surface area contributed by atoms with Gasteiger partial charge < -0.3 is 15.2 Å². The van der Waals surface area contributed by atoms with Gasteiger partial charge in [-0.3, -0.25) is 0 Å². The van der Waals surface area contributed by atoms with Gasteiger partial charge in [0.2, 0.25) is 0 Å². The molecule has 1 aliphatic rings. The summed E-state index contributed by atoms with van der Waals surface area (Å²) in [5, 5.41) is 17.5. The number of rotatable bonds is 2. The quantitative estimate of drug-likeness (QED) is 0.743. The van der Waals surface area contributed by atoms with Crippen LogP contribution in [0.2, 0.25) is 5.02 Å². The second kappa shape index (κ2) is 5.15. The number of nitrogens with one attached hydrogen (secondary N) is 1. The fourth-order valence-electron chi connectivity index (χ4n) is 3.29. The topological polar surface area (TPSA) is 41.5 Å². The lowest BCUT2D eigenvalue weighted by atomic mass is 9.86. The molecule has 1 aliphatic heterocycles. The molecule has 0 aromatic heterocycles. The first kappa shape index (κ1) is 14.4. The summed E-state index contributed by atoms with van der Waals surface area (Å²) in [6, 6.07) is 17.5. The van der Waals surface area contributed by atoms with Crippen molar-refractivity contribution in [3.63, 3.8) is 0 Å². The Labute approximate surface area is 139 Å². The highest BCUT2D eigenvalue weighted by Gasteiger charge is 2.41. The molecule has 1 atom stereocenters. The predicted octanol–water partition coefficient (Wildman–Crippen LogP) is 4.16. The predicted molar refractivity (Wildman–Crippen MR) is 93.4 cm³/mol. The van der Waals surface area contributed by atoms with E-state index in [1.807, 2.05) is 24.3 Å². The van der Waals surface area contributed by atoms with Crippen molar-refractivity contribution >= 4 is 28.1 Å². The summed E-state index contributed by atoms with van der Waals surface area (Å²) in [7, 11) is 1.60. The molecule has 0 radical (unpaired) electrons. The number of β-amino-alcohol motifs (C(OH)–C–C–N with tert-alkyl or cyclic N) is 1. The fourth-order valence-corrected chi connectivity index (χ4v) is 3.46. The molecule has 1 unspecified atom stereocenters. The Kier molecular flexibility index (Phi) is 3.22. The van der Waals surface area contributed by atoms with E-state index in [0.29, 0.717) is 22.9 Å². The number of benzene rings is 3.